The van der Waals surface area contributed by atoms with Crippen molar-refractivity contribution in [3.05, 3.63) is 53.7 Å². The minimum Gasteiger partial charge on any atom is -0.497 e. The minimum absolute atomic E-state index is 0.208. The summed E-state index contributed by atoms with van der Waals surface area (Å²) in [5, 5.41) is 3.37. The zero-order valence-electron chi connectivity index (χ0n) is 17.8. The number of thiocarbonyl (C=S) groups is 1. The van der Waals surface area contributed by atoms with Gasteiger partial charge in [0.2, 0.25) is 0 Å². The molecule has 2 aromatic rings. The van der Waals surface area contributed by atoms with E-state index in [0.717, 1.165) is 35.8 Å². The Labute approximate surface area is 183 Å². The summed E-state index contributed by atoms with van der Waals surface area (Å²) in [6.07, 6.45) is 1.79. The number of nitrogens with zero attached hydrogens (tertiary/aromatic N) is 2. The van der Waals surface area contributed by atoms with Crippen molar-refractivity contribution in [2.75, 3.05) is 36.6 Å². The van der Waals surface area contributed by atoms with Gasteiger partial charge in [0.15, 0.2) is 5.11 Å². The highest BCUT2D eigenvalue weighted by molar-refractivity contribution is 7.80. The fraction of sp³-hybridized carbons (Fsp3) is 0.304. The van der Waals surface area contributed by atoms with Crippen LogP contribution in [0.2, 0.25) is 0 Å². The molecule has 2 aromatic carbocycles. The molecule has 1 fully saturated rings. The Morgan fingerprint density at radius 1 is 1.10 bits per heavy atom. The van der Waals surface area contributed by atoms with Crippen molar-refractivity contribution in [2.24, 2.45) is 0 Å². The van der Waals surface area contributed by atoms with Crippen LogP contribution in [0.3, 0.4) is 0 Å². The van der Waals surface area contributed by atoms with Crippen LogP contribution in [-0.4, -0.2) is 37.8 Å². The number of rotatable bonds is 8. The topological polar surface area (TPSA) is 54.0 Å². The van der Waals surface area contributed by atoms with Crippen molar-refractivity contribution in [1.29, 1.82) is 0 Å². The van der Waals surface area contributed by atoms with Crippen molar-refractivity contribution in [1.82, 2.24) is 5.32 Å². The molecule has 1 heterocycles. The molecule has 0 saturated carbocycles. The molecule has 7 heteroatoms. The van der Waals surface area contributed by atoms with E-state index in [-0.39, 0.29) is 5.91 Å². The predicted molar refractivity (Wildman–Crippen MR) is 125 cm³/mol. The second-order valence-corrected chi connectivity index (χ2v) is 7.04. The first-order valence-electron chi connectivity index (χ1n) is 10.0. The zero-order chi connectivity index (χ0) is 21.7. The summed E-state index contributed by atoms with van der Waals surface area (Å²) in [4.78, 5) is 16.8. The molecule has 0 unspecified atom stereocenters. The van der Waals surface area contributed by atoms with E-state index >= 15 is 0 Å². The van der Waals surface area contributed by atoms with Gasteiger partial charge in [-0.15, -0.1) is 0 Å². The molecule has 1 aliphatic heterocycles. The van der Waals surface area contributed by atoms with Crippen LogP contribution in [0, 0.1) is 0 Å². The third-order valence-corrected chi connectivity index (χ3v) is 5.22. The standard InChI is InChI=1S/C23H27N3O3S/c1-5-25(6-2)18-9-8-16(21(15-18)29-7-3)14-20-22(27)26(23(30)24-20)17-10-12-19(28-4)13-11-17/h8-15H,5-7H2,1-4H3,(H,24,30)/b20-14-. The Bertz CT molecular complexity index is 953. The fourth-order valence-electron chi connectivity index (χ4n) is 3.36. The molecular formula is C23H27N3O3S. The van der Waals surface area contributed by atoms with E-state index in [2.05, 4.69) is 24.1 Å². The molecule has 1 aliphatic rings. The molecule has 0 spiro atoms. The normalized spacial score (nSPS) is 14.8. The van der Waals surface area contributed by atoms with Crippen LogP contribution in [0.15, 0.2) is 48.2 Å². The van der Waals surface area contributed by atoms with Crippen LogP contribution < -0.4 is 24.6 Å². The lowest BCUT2D eigenvalue weighted by Crippen LogP contribution is -2.30. The van der Waals surface area contributed by atoms with Crippen molar-refractivity contribution in [2.45, 2.75) is 20.8 Å². The maximum absolute atomic E-state index is 13.0. The van der Waals surface area contributed by atoms with E-state index < -0.39 is 0 Å². The number of ether oxygens (including phenoxy) is 2. The summed E-state index contributed by atoms with van der Waals surface area (Å²) >= 11 is 5.41. The molecule has 0 radical (unpaired) electrons. The van der Waals surface area contributed by atoms with Crippen LogP contribution >= 0.6 is 12.2 Å². The van der Waals surface area contributed by atoms with Gasteiger partial charge in [-0.05, 0) is 75.5 Å². The highest BCUT2D eigenvalue weighted by Gasteiger charge is 2.32. The molecule has 1 saturated heterocycles. The van der Waals surface area contributed by atoms with E-state index in [1.54, 1.807) is 37.5 Å². The zero-order valence-corrected chi connectivity index (χ0v) is 18.6. The van der Waals surface area contributed by atoms with E-state index in [0.29, 0.717) is 23.1 Å². The number of carbonyl (C=O) groups is 1. The third-order valence-electron chi connectivity index (χ3n) is 4.93. The smallest absolute Gasteiger partial charge is 0.281 e. The highest BCUT2D eigenvalue weighted by atomic mass is 32.1. The Hall–Kier alpha value is -3.06. The number of nitrogens with one attached hydrogen (secondary N) is 1. The minimum atomic E-state index is -0.208. The quantitative estimate of drug-likeness (QED) is 0.505. The number of anilines is 2. The number of hydrogen-bond acceptors (Lipinski definition) is 5. The molecule has 6 nitrogen and oxygen atoms in total. The molecule has 30 heavy (non-hydrogen) atoms. The Morgan fingerprint density at radius 3 is 2.40 bits per heavy atom. The molecule has 3 rings (SSSR count). The molecular weight excluding hydrogens is 398 g/mol. The van der Waals surface area contributed by atoms with Gasteiger partial charge in [0.25, 0.3) is 5.91 Å². The molecule has 0 atom stereocenters. The van der Waals surface area contributed by atoms with Gasteiger partial charge in [-0.3, -0.25) is 9.69 Å². The van der Waals surface area contributed by atoms with Gasteiger partial charge < -0.3 is 19.7 Å². The summed E-state index contributed by atoms with van der Waals surface area (Å²) in [6.45, 7) is 8.54. The lowest BCUT2D eigenvalue weighted by Gasteiger charge is -2.22. The van der Waals surface area contributed by atoms with Crippen LogP contribution in [-0.2, 0) is 4.79 Å². The molecule has 1 N–H and O–H groups in total. The number of amides is 1. The molecule has 158 valence electrons. The van der Waals surface area contributed by atoms with Gasteiger partial charge >= 0.3 is 0 Å². The molecule has 0 aromatic heterocycles. The van der Waals surface area contributed by atoms with Gasteiger partial charge in [0, 0.05) is 30.4 Å². The van der Waals surface area contributed by atoms with Crippen LogP contribution in [0.5, 0.6) is 11.5 Å². The Kier molecular flexibility index (Phi) is 6.95. The number of carbonyl (C=O) groups excluding carboxylic acids is 1. The summed E-state index contributed by atoms with van der Waals surface area (Å²) < 4.78 is 11.0. The maximum atomic E-state index is 13.0. The molecule has 0 bridgehead atoms. The highest BCUT2D eigenvalue weighted by Crippen LogP contribution is 2.30. The molecule has 1 amide bonds. The Balaban J connectivity index is 1.92. The number of hydrogen-bond donors (Lipinski definition) is 1. The fourth-order valence-corrected chi connectivity index (χ4v) is 3.66. The summed E-state index contributed by atoms with van der Waals surface area (Å²) in [7, 11) is 1.60. The first kappa shape index (κ1) is 21.6. The van der Waals surface area contributed by atoms with Gasteiger partial charge in [0.05, 0.1) is 19.4 Å². The molecule has 0 aliphatic carbocycles. The lowest BCUT2D eigenvalue weighted by atomic mass is 10.1. The number of benzene rings is 2. The van der Waals surface area contributed by atoms with E-state index in [4.69, 9.17) is 21.7 Å². The average Bonchev–Trinajstić information content (AvgIpc) is 3.04. The second kappa shape index (κ2) is 9.63. The average molecular weight is 426 g/mol. The van der Waals surface area contributed by atoms with Crippen molar-refractivity contribution >= 4 is 40.7 Å². The summed E-state index contributed by atoms with van der Waals surface area (Å²) in [6, 6.07) is 13.2. The maximum Gasteiger partial charge on any atom is 0.281 e. The van der Waals surface area contributed by atoms with Crippen LogP contribution in [0.1, 0.15) is 26.3 Å². The van der Waals surface area contributed by atoms with Gasteiger partial charge in [-0.1, -0.05) is 0 Å². The van der Waals surface area contributed by atoms with E-state index in [1.807, 2.05) is 25.1 Å². The van der Waals surface area contributed by atoms with E-state index in [1.165, 1.54) is 4.90 Å². The lowest BCUT2D eigenvalue weighted by molar-refractivity contribution is -0.113. The third kappa shape index (κ3) is 4.41. The first-order chi connectivity index (χ1) is 14.5. The van der Waals surface area contributed by atoms with Crippen molar-refractivity contribution in [3.63, 3.8) is 0 Å². The predicted octanol–water partition coefficient (Wildman–Crippen LogP) is 4.20. The SMILES string of the molecule is CCOc1cc(N(CC)CC)ccc1/C=C1\NC(=S)N(c2ccc(OC)cc2)C1=O. The number of methoxy groups -OCH3 is 1. The van der Waals surface area contributed by atoms with Gasteiger partial charge in [-0.25, -0.2) is 0 Å². The first-order valence-corrected chi connectivity index (χ1v) is 10.5. The largest absolute Gasteiger partial charge is 0.497 e. The van der Waals surface area contributed by atoms with Gasteiger partial charge in [-0.2, -0.15) is 0 Å². The Morgan fingerprint density at radius 2 is 1.80 bits per heavy atom. The second-order valence-electron chi connectivity index (χ2n) is 6.65. The van der Waals surface area contributed by atoms with Gasteiger partial charge in [0.1, 0.15) is 17.2 Å². The monoisotopic (exact) mass is 425 g/mol. The van der Waals surface area contributed by atoms with Crippen LogP contribution in [0.4, 0.5) is 11.4 Å². The van der Waals surface area contributed by atoms with Crippen molar-refractivity contribution < 1.29 is 14.3 Å². The van der Waals surface area contributed by atoms with Crippen molar-refractivity contribution in [3.8, 4) is 11.5 Å². The summed E-state index contributed by atoms with van der Waals surface area (Å²) in [5.41, 5.74) is 3.01. The summed E-state index contributed by atoms with van der Waals surface area (Å²) in [5.74, 6) is 1.24. The van der Waals surface area contributed by atoms with E-state index in [9.17, 15) is 4.79 Å². The van der Waals surface area contributed by atoms with Crippen LogP contribution in [0.25, 0.3) is 6.08 Å².